The van der Waals surface area contributed by atoms with Gasteiger partial charge in [0.05, 0.1) is 11.3 Å². The monoisotopic (exact) mass is 362 g/mol. The van der Waals surface area contributed by atoms with Crippen molar-refractivity contribution < 1.29 is 5.11 Å². The summed E-state index contributed by atoms with van der Waals surface area (Å²) in [7, 11) is 0. The van der Waals surface area contributed by atoms with Gasteiger partial charge in [0.15, 0.2) is 0 Å². The summed E-state index contributed by atoms with van der Waals surface area (Å²) in [6.45, 7) is 5.41. The zero-order valence-corrected chi connectivity index (χ0v) is 15.8. The lowest BCUT2D eigenvalue weighted by Gasteiger charge is -2.38. The number of nitrogens with zero attached hydrogens (tertiary/aromatic N) is 4. The fourth-order valence-corrected chi connectivity index (χ4v) is 3.77. The lowest BCUT2D eigenvalue weighted by atomic mass is 9.84. The fraction of sp³-hybridized carbons (Fsp3) is 0.364. The zero-order valence-electron chi connectivity index (χ0n) is 15.8. The normalized spacial score (nSPS) is 17.1. The first-order valence-corrected chi connectivity index (χ1v) is 9.66. The van der Waals surface area contributed by atoms with Crippen LogP contribution in [0.5, 0.6) is 0 Å². The van der Waals surface area contributed by atoms with Crippen molar-refractivity contribution >= 4 is 0 Å². The van der Waals surface area contributed by atoms with Gasteiger partial charge in [0, 0.05) is 32.4 Å². The Morgan fingerprint density at radius 1 is 0.963 bits per heavy atom. The number of piperidine rings is 1. The van der Waals surface area contributed by atoms with E-state index in [0.717, 1.165) is 50.3 Å². The fourth-order valence-electron chi connectivity index (χ4n) is 3.77. The molecule has 2 aromatic carbocycles. The minimum atomic E-state index is -0.743. The molecule has 0 spiro atoms. The van der Waals surface area contributed by atoms with Crippen LogP contribution < -0.4 is 0 Å². The van der Waals surface area contributed by atoms with Gasteiger partial charge >= 0.3 is 0 Å². The topological polar surface area (TPSA) is 54.2 Å². The predicted molar refractivity (Wildman–Crippen MR) is 106 cm³/mol. The molecular formula is C22H26N4O. The van der Waals surface area contributed by atoms with Gasteiger partial charge in [0.1, 0.15) is 0 Å². The van der Waals surface area contributed by atoms with Crippen molar-refractivity contribution in [3.8, 4) is 11.1 Å². The van der Waals surface area contributed by atoms with Crippen LogP contribution in [0.1, 0.15) is 31.0 Å². The molecule has 0 radical (unpaired) electrons. The lowest BCUT2D eigenvalue weighted by molar-refractivity contribution is -0.0279. The van der Waals surface area contributed by atoms with Crippen molar-refractivity contribution in [2.75, 3.05) is 13.1 Å². The average Bonchev–Trinajstić information content (AvgIpc) is 3.18. The number of likely N-dealkylation sites (tertiary alicyclic amines) is 1. The summed E-state index contributed by atoms with van der Waals surface area (Å²) in [5.41, 5.74) is 3.64. The van der Waals surface area contributed by atoms with Crippen LogP contribution in [0.25, 0.3) is 11.1 Å². The van der Waals surface area contributed by atoms with Crippen LogP contribution >= 0.6 is 0 Å². The van der Waals surface area contributed by atoms with Crippen molar-refractivity contribution in [3.05, 3.63) is 72.1 Å². The van der Waals surface area contributed by atoms with Gasteiger partial charge in [-0.15, -0.1) is 5.10 Å². The third-order valence-electron chi connectivity index (χ3n) is 5.51. The summed E-state index contributed by atoms with van der Waals surface area (Å²) in [6.07, 6.45) is 3.47. The standard InChI is InChI=1S/C22H26N4O/c1-2-26-17-21(23-24-26)16-25-14-12-22(27,13-15-25)20-10-8-19(9-11-20)18-6-4-3-5-7-18/h3-11,17,27H,2,12-16H2,1H3. The molecule has 1 aromatic heterocycles. The molecule has 0 unspecified atom stereocenters. The lowest BCUT2D eigenvalue weighted by Crippen LogP contribution is -2.42. The largest absolute Gasteiger partial charge is 0.385 e. The molecule has 140 valence electrons. The second-order valence-corrected chi connectivity index (χ2v) is 7.32. The molecule has 0 bridgehead atoms. The molecular weight excluding hydrogens is 336 g/mol. The van der Waals surface area contributed by atoms with Crippen molar-refractivity contribution in [1.29, 1.82) is 0 Å². The van der Waals surface area contributed by atoms with E-state index in [2.05, 4.69) is 58.5 Å². The summed E-state index contributed by atoms with van der Waals surface area (Å²) >= 11 is 0. The van der Waals surface area contributed by atoms with E-state index < -0.39 is 5.60 Å². The van der Waals surface area contributed by atoms with E-state index in [-0.39, 0.29) is 0 Å². The molecule has 5 heteroatoms. The first kappa shape index (κ1) is 17.9. The summed E-state index contributed by atoms with van der Waals surface area (Å²) in [5.74, 6) is 0. The smallest absolute Gasteiger partial charge is 0.0967 e. The maximum absolute atomic E-state index is 11.2. The van der Waals surface area contributed by atoms with Gasteiger partial charge in [-0.3, -0.25) is 9.58 Å². The zero-order chi connectivity index (χ0) is 18.7. The molecule has 0 saturated carbocycles. The quantitative estimate of drug-likeness (QED) is 0.755. The molecule has 0 amide bonds. The Hall–Kier alpha value is -2.50. The summed E-state index contributed by atoms with van der Waals surface area (Å²) in [6, 6.07) is 18.7. The van der Waals surface area contributed by atoms with Crippen LogP contribution in [-0.2, 0) is 18.7 Å². The van der Waals surface area contributed by atoms with E-state index in [1.165, 1.54) is 11.1 Å². The van der Waals surface area contributed by atoms with Crippen molar-refractivity contribution in [2.24, 2.45) is 0 Å². The molecule has 5 nitrogen and oxygen atoms in total. The van der Waals surface area contributed by atoms with Crippen LogP contribution in [0.3, 0.4) is 0 Å². The summed E-state index contributed by atoms with van der Waals surface area (Å²) in [4.78, 5) is 2.34. The Kier molecular flexibility index (Phi) is 5.05. The van der Waals surface area contributed by atoms with E-state index in [4.69, 9.17) is 0 Å². The molecule has 0 aliphatic carbocycles. The van der Waals surface area contributed by atoms with E-state index in [9.17, 15) is 5.11 Å². The van der Waals surface area contributed by atoms with Crippen LogP contribution in [-0.4, -0.2) is 38.1 Å². The second-order valence-electron chi connectivity index (χ2n) is 7.32. The number of aliphatic hydroxyl groups is 1. The molecule has 0 atom stereocenters. The highest BCUT2D eigenvalue weighted by atomic mass is 16.3. The summed E-state index contributed by atoms with van der Waals surface area (Å²) in [5, 5.41) is 19.5. The minimum Gasteiger partial charge on any atom is -0.385 e. The molecule has 1 aliphatic rings. The van der Waals surface area contributed by atoms with Gasteiger partial charge in [0.2, 0.25) is 0 Å². The highest BCUT2D eigenvalue weighted by Gasteiger charge is 2.34. The van der Waals surface area contributed by atoms with E-state index in [1.54, 1.807) is 0 Å². The number of benzene rings is 2. The third kappa shape index (κ3) is 3.94. The molecule has 2 heterocycles. The van der Waals surface area contributed by atoms with Gasteiger partial charge < -0.3 is 5.11 Å². The van der Waals surface area contributed by atoms with Gasteiger partial charge in [-0.2, -0.15) is 0 Å². The Morgan fingerprint density at radius 3 is 2.26 bits per heavy atom. The third-order valence-corrected chi connectivity index (χ3v) is 5.51. The molecule has 1 N–H and O–H groups in total. The first-order valence-electron chi connectivity index (χ1n) is 9.66. The average molecular weight is 362 g/mol. The maximum Gasteiger partial charge on any atom is 0.0967 e. The molecule has 4 rings (SSSR count). The van der Waals surface area contributed by atoms with Crippen molar-refractivity contribution in [3.63, 3.8) is 0 Å². The predicted octanol–water partition coefficient (Wildman–Crippen LogP) is 3.45. The van der Waals surface area contributed by atoms with Crippen LogP contribution in [0.4, 0.5) is 0 Å². The Labute approximate surface area is 160 Å². The van der Waals surface area contributed by atoms with Crippen molar-refractivity contribution in [2.45, 2.75) is 38.5 Å². The highest BCUT2D eigenvalue weighted by Crippen LogP contribution is 2.34. The van der Waals surface area contributed by atoms with E-state index >= 15 is 0 Å². The van der Waals surface area contributed by atoms with Crippen LogP contribution in [0, 0.1) is 0 Å². The highest BCUT2D eigenvalue weighted by molar-refractivity contribution is 5.63. The number of rotatable bonds is 5. The van der Waals surface area contributed by atoms with Gasteiger partial charge in [-0.05, 0) is 36.5 Å². The Balaban J connectivity index is 1.40. The van der Waals surface area contributed by atoms with Gasteiger partial charge in [0.25, 0.3) is 0 Å². The van der Waals surface area contributed by atoms with Gasteiger partial charge in [-0.25, -0.2) is 0 Å². The maximum atomic E-state index is 11.2. The molecule has 1 aliphatic heterocycles. The van der Waals surface area contributed by atoms with Gasteiger partial charge in [-0.1, -0.05) is 59.8 Å². The minimum absolute atomic E-state index is 0.736. The Bertz CT molecular complexity index is 865. The van der Waals surface area contributed by atoms with Crippen LogP contribution in [0.15, 0.2) is 60.8 Å². The number of hydrogen-bond acceptors (Lipinski definition) is 4. The SMILES string of the molecule is CCn1cc(CN2CCC(O)(c3ccc(-c4ccccc4)cc3)CC2)nn1. The summed E-state index contributed by atoms with van der Waals surface area (Å²) < 4.78 is 1.85. The Morgan fingerprint density at radius 2 is 1.63 bits per heavy atom. The molecule has 1 fully saturated rings. The van der Waals surface area contributed by atoms with E-state index in [0.29, 0.717) is 0 Å². The molecule has 1 saturated heterocycles. The van der Waals surface area contributed by atoms with E-state index in [1.807, 2.05) is 29.1 Å². The number of hydrogen-bond donors (Lipinski definition) is 1. The number of aromatic nitrogens is 3. The molecule has 27 heavy (non-hydrogen) atoms. The number of aryl methyl sites for hydroxylation is 1. The molecule has 3 aromatic rings. The second kappa shape index (κ2) is 7.62. The van der Waals surface area contributed by atoms with Crippen LogP contribution in [0.2, 0.25) is 0 Å². The van der Waals surface area contributed by atoms with Crippen molar-refractivity contribution in [1.82, 2.24) is 19.9 Å². The first-order chi connectivity index (χ1) is 13.2.